The van der Waals surface area contributed by atoms with E-state index in [4.69, 9.17) is 5.73 Å². The molecule has 0 heterocycles. The lowest BCUT2D eigenvalue weighted by molar-refractivity contribution is 0.0738. The van der Waals surface area contributed by atoms with Crippen LogP contribution < -0.4 is 11.1 Å². The third kappa shape index (κ3) is 3.96. The number of nitrogen functional groups attached to an aromatic ring is 1. The Bertz CT molecular complexity index is 411. The minimum atomic E-state index is -0.432. The standard InChI is InChI=1S/C15H22N2O2/c16-13-8-6-12(7-9-13)15(19)17-10-14(18)11-4-2-1-3-5-11/h6-9,11,14,18H,1-5,10,16H2,(H,17,19). The zero-order valence-electron chi connectivity index (χ0n) is 11.1. The highest BCUT2D eigenvalue weighted by Crippen LogP contribution is 2.26. The largest absolute Gasteiger partial charge is 0.399 e. The second kappa shape index (κ2) is 6.57. The lowest BCUT2D eigenvalue weighted by atomic mass is 9.85. The van der Waals surface area contributed by atoms with E-state index in [0.717, 1.165) is 12.8 Å². The quantitative estimate of drug-likeness (QED) is 0.726. The Labute approximate surface area is 114 Å². The SMILES string of the molecule is Nc1ccc(C(=O)NCC(O)C2CCCCC2)cc1. The van der Waals surface area contributed by atoms with Crippen LogP contribution in [0, 0.1) is 5.92 Å². The van der Waals surface area contributed by atoms with Gasteiger partial charge in [-0.05, 0) is 43.0 Å². The first-order chi connectivity index (χ1) is 9.16. The number of rotatable bonds is 4. The van der Waals surface area contributed by atoms with Crippen molar-refractivity contribution in [2.75, 3.05) is 12.3 Å². The summed E-state index contributed by atoms with van der Waals surface area (Å²) in [5, 5.41) is 12.9. The number of nitrogens with one attached hydrogen (secondary N) is 1. The number of aliphatic hydroxyl groups is 1. The van der Waals surface area contributed by atoms with E-state index in [2.05, 4.69) is 5.32 Å². The molecular formula is C15H22N2O2. The van der Waals surface area contributed by atoms with E-state index >= 15 is 0 Å². The van der Waals surface area contributed by atoms with Crippen LogP contribution in [0.15, 0.2) is 24.3 Å². The van der Waals surface area contributed by atoms with Crippen molar-refractivity contribution >= 4 is 11.6 Å². The number of nitrogens with two attached hydrogens (primary N) is 1. The molecule has 2 rings (SSSR count). The first-order valence-electron chi connectivity index (χ1n) is 6.98. The molecule has 4 nitrogen and oxygen atoms in total. The van der Waals surface area contributed by atoms with Crippen LogP contribution in [0.2, 0.25) is 0 Å². The summed E-state index contributed by atoms with van der Waals surface area (Å²) < 4.78 is 0. The molecule has 1 aliphatic rings. The monoisotopic (exact) mass is 262 g/mol. The second-order valence-corrected chi connectivity index (χ2v) is 5.30. The smallest absolute Gasteiger partial charge is 0.251 e. The number of carbonyl (C=O) groups is 1. The van der Waals surface area contributed by atoms with Crippen molar-refractivity contribution in [1.29, 1.82) is 0 Å². The van der Waals surface area contributed by atoms with Crippen LogP contribution in [-0.2, 0) is 0 Å². The number of hydrogen-bond acceptors (Lipinski definition) is 3. The summed E-state index contributed by atoms with van der Waals surface area (Å²) in [4.78, 5) is 11.9. The summed E-state index contributed by atoms with van der Waals surface area (Å²) in [6, 6.07) is 6.79. The third-order valence-corrected chi connectivity index (χ3v) is 3.84. The number of benzene rings is 1. The highest BCUT2D eigenvalue weighted by molar-refractivity contribution is 5.94. The van der Waals surface area contributed by atoms with Gasteiger partial charge in [0.1, 0.15) is 0 Å². The maximum atomic E-state index is 11.9. The molecule has 4 N–H and O–H groups in total. The van der Waals surface area contributed by atoms with Gasteiger partial charge in [0.2, 0.25) is 0 Å². The molecule has 19 heavy (non-hydrogen) atoms. The second-order valence-electron chi connectivity index (χ2n) is 5.30. The van der Waals surface area contributed by atoms with Crippen LogP contribution in [-0.4, -0.2) is 23.7 Å². The molecule has 0 aromatic heterocycles. The maximum Gasteiger partial charge on any atom is 0.251 e. The fourth-order valence-corrected chi connectivity index (χ4v) is 2.62. The Balaban J connectivity index is 1.81. The van der Waals surface area contributed by atoms with Crippen molar-refractivity contribution in [2.24, 2.45) is 5.92 Å². The van der Waals surface area contributed by atoms with Crippen LogP contribution in [0.4, 0.5) is 5.69 Å². The van der Waals surface area contributed by atoms with Gasteiger partial charge >= 0.3 is 0 Å². The van der Waals surface area contributed by atoms with E-state index in [1.54, 1.807) is 24.3 Å². The molecule has 1 amide bonds. The number of amides is 1. The minimum Gasteiger partial charge on any atom is -0.399 e. The number of aliphatic hydroxyl groups excluding tert-OH is 1. The van der Waals surface area contributed by atoms with Crippen LogP contribution in [0.5, 0.6) is 0 Å². The normalized spacial score (nSPS) is 17.9. The van der Waals surface area contributed by atoms with Crippen LogP contribution >= 0.6 is 0 Å². The van der Waals surface area contributed by atoms with Crippen molar-refractivity contribution in [3.8, 4) is 0 Å². The molecule has 1 aromatic carbocycles. The average molecular weight is 262 g/mol. The van der Waals surface area contributed by atoms with Gasteiger partial charge in [-0.1, -0.05) is 19.3 Å². The summed E-state index contributed by atoms with van der Waals surface area (Å²) in [6.07, 6.45) is 5.35. The van der Waals surface area contributed by atoms with Crippen LogP contribution in [0.3, 0.4) is 0 Å². The zero-order valence-corrected chi connectivity index (χ0v) is 11.1. The lowest BCUT2D eigenvalue weighted by Crippen LogP contribution is -2.37. The predicted octanol–water partition coefficient (Wildman–Crippen LogP) is 1.94. The van der Waals surface area contributed by atoms with Gasteiger partial charge in [-0.15, -0.1) is 0 Å². The van der Waals surface area contributed by atoms with E-state index in [1.165, 1.54) is 19.3 Å². The maximum absolute atomic E-state index is 11.9. The Kier molecular flexibility index (Phi) is 4.80. The molecule has 0 bridgehead atoms. The first-order valence-corrected chi connectivity index (χ1v) is 6.98. The minimum absolute atomic E-state index is 0.158. The molecule has 4 heteroatoms. The van der Waals surface area contributed by atoms with Crippen molar-refractivity contribution in [2.45, 2.75) is 38.2 Å². The molecule has 1 unspecified atom stereocenters. The molecule has 1 aromatic rings. The fourth-order valence-electron chi connectivity index (χ4n) is 2.62. The molecule has 1 saturated carbocycles. The third-order valence-electron chi connectivity index (χ3n) is 3.84. The number of carbonyl (C=O) groups excluding carboxylic acids is 1. The Morgan fingerprint density at radius 2 is 1.89 bits per heavy atom. The molecule has 0 saturated heterocycles. The summed E-state index contributed by atoms with van der Waals surface area (Å²) >= 11 is 0. The van der Waals surface area contributed by atoms with Crippen molar-refractivity contribution in [3.05, 3.63) is 29.8 Å². The summed E-state index contributed by atoms with van der Waals surface area (Å²) in [5.74, 6) is 0.176. The Morgan fingerprint density at radius 1 is 1.26 bits per heavy atom. The van der Waals surface area contributed by atoms with Gasteiger partial charge in [0, 0.05) is 17.8 Å². The van der Waals surface area contributed by atoms with E-state index in [9.17, 15) is 9.90 Å². The molecule has 0 aliphatic heterocycles. The molecular weight excluding hydrogens is 240 g/mol. The predicted molar refractivity (Wildman–Crippen MR) is 75.8 cm³/mol. The van der Waals surface area contributed by atoms with Gasteiger partial charge in [0.05, 0.1) is 6.10 Å². The van der Waals surface area contributed by atoms with E-state index in [1.807, 2.05) is 0 Å². The highest BCUT2D eigenvalue weighted by atomic mass is 16.3. The number of hydrogen-bond donors (Lipinski definition) is 3. The Morgan fingerprint density at radius 3 is 2.53 bits per heavy atom. The van der Waals surface area contributed by atoms with Gasteiger partial charge in [-0.3, -0.25) is 4.79 Å². The topological polar surface area (TPSA) is 75.4 Å². The summed E-state index contributed by atoms with van der Waals surface area (Å²) in [6.45, 7) is 0.327. The summed E-state index contributed by atoms with van der Waals surface area (Å²) in [5.41, 5.74) is 6.79. The molecule has 0 spiro atoms. The Hall–Kier alpha value is -1.55. The van der Waals surface area contributed by atoms with E-state index in [0.29, 0.717) is 23.7 Å². The van der Waals surface area contributed by atoms with Gasteiger partial charge in [0.25, 0.3) is 5.91 Å². The lowest BCUT2D eigenvalue weighted by Gasteiger charge is -2.26. The zero-order chi connectivity index (χ0) is 13.7. The molecule has 104 valence electrons. The van der Waals surface area contributed by atoms with Gasteiger partial charge in [-0.2, -0.15) is 0 Å². The van der Waals surface area contributed by atoms with Crippen molar-refractivity contribution in [1.82, 2.24) is 5.32 Å². The first kappa shape index (κ1) is 13.9. The van der Waals surface area contributed by atoms with E-state index < -0.39 is 6.10 Å². The van der Waals surface area contributed by atoms with Crippen molar-refractivity contribution < 1.29 is 9.90 Å². The van der Waals surface area contributed by atoms with Gasteiger partial charge in [-0.25, -0.2) is 0 Å². The molecule has 1 fully saturated rings. The van der Waals surface area contributed by atoms with Crippen LogP contribution in [0.25, 0.3) is 0 Å². The average Bonchev–Trinajstić information content (AvgIpc) is 2.46. The molecule has 0 radical (unpaired) electrons. The highest BCUT2D eigenvalue weighted by Gasteiger charge is 2.22. The summed E-state index contributed by atoms with van der Waals surface area (Å²) in [7, 11) is 0. The van der Waals surface area contributed by atoms with Crippen molar-refractivity contribution in [3.63, 3.8) is 0 Å². The van der Waals surface area contributed by atoms with Gasteiger partial charge in [0.15, 0.2) is 0 Å². The van der Waals surface area contributed by atoms with Crippen LogP contribution in [0.1, 0.15) is 42.5 Å². The molecule has 1 aliphatic carbocycles. The molecule has 1 atom stereocenters. The van der Waals surface area contributed by atoms with Gasteiger partial charge < -0.3 is 16.2 Å². The number of anilines is 1. The fraction of sp³-hybridized carbons (Fsp3) is 0.533. The van der Waals surface area contributed by atoms with E-state index in [-0.39, 0.29) is 5.91 Å².